The van der Waals surface area contributed by atoms with Crippen LogP contribution in [0, 0.1) is 11.3 Å². The maximum Gasteiger partial charge on any atom is 0.322 e. The van der Waals surface area contributed by atoms with E-state index in [4.69, 9.17) is 10.00 Å². The molecule has 1 unspecified atom stereocenters. The lowest BCUT2D eigenvalue weighted by molar-refractivity contribution is -0.145. The van der Waals surface area contributed by atoms with Crippen LogP contribution >= 0.6 is 11.3 Å². The Kier molecular flexibility index (Phi) is 4.96. The lowest BCUT2D eigenvalue weighted by Gasteiger charge is -2.11. The lowest BCUT2D eigenvalue weighted by Crippen LogP contribution is -2.34. The van der Waals surface area contributed by atoms with Gasteiger partial charge in [0.05, 0.1) is 12.2 Å². The van der Waals surface area contributed by atoms with Crippen molar-refractivity contribution in [3.05, 3.63) is 21.9 Å². The topological polar surface area (TPSA) is 62.1 Å². The van der Waals surface area contributed by atoms with Crippen LogP contribution in [-0.2, 0) is 16.1 Å². The Morgan fingerprint density at radius 1 is 1.75 bits per heavy atom. The summed E-state index contributed by atoms with van der Waals surface area (Å²) in [5.41, 5.74) is 0.658. The number of rotatable bonds is 5. The van der Waals surface area contributed by atoms with E-state index in [2.05, 4.69) is 11.4 Å². The molecule has 16 heavy (non-hydrogen) atoms. The van der Waals surface area contributed by atoms with E-state index in [1.165, 1.54) is 11.3 Å². The third-order valence-electron chi connectivity index (χ3n) is 2.01. The summed E-state index contributed by atoms with van der Waals surface area (Å²) >= 11 is 1.50. The summed E-state index contributed by atoms with van der Waals surface area (Å²) in [6.45, 7) is 4.51. The Hall–Kier alpha value is -1.38. The van der Waals surface area contributed by atoms with Crippen LogP contribution in [0.1, 0.15) is 24.3 Å². The zero-order valence-corrected chi connectivity index (χ0v) is 10.1. The van der Waals surface area contributed by atoms with Crippen LogP contribution < -0.4 is 5.32 Å². The summed E-state index contributed by atoms with van der Waals surface area (Å²) in [6, 6.07) is 3.56. The number of carbonyl (C=O) groups excluding carboxylic acids is 1. The Bertz CT molecular complexity index is 395. The van der Waals surface area contributed by atoms with Crippen molar-refractivity contribution in [1.82, 2.24) is 5.32 Å². The number of nitrogens with zero attached hydrogens (tertiary/aromatic N) is 1. The zero-order valence-electron chi connectivity index (χ0n) is 9.32. The number of ether oxygens (including phenoxy) is 1. The van der Waals surface area contributed by atoms with Crippen LogP contribution in [-0.4, -0.2) is 18.6 Å². The van der Waals surface area contributed by atoms with Gasteiger partial charge in [-0.25, -0.2) is 0 Å². The average Bonchev–Trinajstić information content (AvgIpc) is 2.74. The van der Waals surface area contributed by atoms with Gasteiger partial charge in [-0.1, -0.05) is 0 Å². The highest BCUT2D eigenvalue weighted by molar-refractivity contribution is 7.10. The van der Waals surface area contributed by atoms with E-state index < -0.39 is 0 Å². The van der Waals surface area contributed by atoms with E-state index in [9.17, 15) is 4.79 Å². The first-order chi connectivity index (χ1) is 7.67. The van der Waals surface area contributed by atoms with E-state index in [0.717, 1.165) is 4.88 Å². The molecule has 4 nitrogen and oxygen atoms in total. The van der Waals surface area contributed by atoms with Crippen LogP contribution in [0.2, 0.25) is 0 Å². The van der Waals surface area contributed by atoms with Crippen molar-refractivity contribution in [3.63, 3.8) is 0 Å². The van der Waals surface area contributed by atoms with E-state index >= 15 is 0 Å². The summed E-state index contributed by atoms with van der Waals surface area (Å²) < 4.78 is 4.87. The maximum atomic E-state index is 11.3. The molecule has 0 saturated heterocycles. The average molecular weight is 238 g/mol. The van der Waals surface area contributed by atoms with Gasteiger partial charge >= 0.3 is 5.97 Å². The molecular formula is C11H14N2O2S. The summed E-state index contributed by atoms with van der Waals surface area (Å²) in [7, 11) is 0. The van der Waals surface area contributed by atoms with E-state index in [1.54, 1.807) is 19.2 Å². The normalized spacial score (nSPS) is 11.8. The summed E-state index contributed by atoms with van der Waals surface area (Å²) in [5.74, 6) is -0.250. The van der Waals surface area contributed by atoms with Gasteiger partial charge in [-0.2, -0.15) is 5.26 Å². The van der Waals surface area contributed by atoms with Gasteiger partial charge in [-0.3, -0.25) is 10.1 Å². The lowest BCUT2D eigenvalue weighted by atomic mass is 10.3. The van der Waals surface area contributed by atoms with Crippen LogP contribution in [0.5, 0.6) is 0 Å². The number of hydrogen-bond acceptors (Lipinski definition) is 5. The van der Waals surface area contributed by atoms with Gasteiger partial charge in [-0.15, -0.1) is 11.3 Å². The summed E-state index contributed by atoms with van der Waals surface area (Å²) in [4.78, 5) is 12.3. The monoisotopic (exact) mass is 238 g/mol. The first-order valence-electron chi connectivity index (χ1n) is 5.05. The first kappa shape index (κ1) is 12.7. The van der Waals surface area contributed by atoms with E-state index in [1.807, 2.05) is 6.07 Å². The zero-order chi connectivity index (χ0) is 12.0. The van der Waals surface area contributed by atoms with Gasteiger partial charge in [0.2, 0.25) is 0 Å². The number of nitrogens with one attached hydrogen (secondary N) is 1. The SMILES string of the molecule is CCOC(=O)C(C)NCc1cc(C#N)cs1. The fourth-order valence-electron chi connectivity index (χ4n) is 1.14. The molecular weight excluding hydrogens is 224 g/mol. The molecule has 0 saturated carbocycles. The Balaban J connectivity index is 2.40. The quantitative estimate of drug-likeness (QED) is 0.792. The number of hydrogen-bond donors (Lipinski definition) is 1. The molecule has 86 valence electrons. The number of carbonyl (C=O) groups is 1. The molecule has 5 heteroatoms. The van der Waals surface area contributed by atoms with Crippen molar-refractivity contribution in [1.29, 1.82) is 5.26 Å². The fraction of sp³-hybridized carbons (Fsp3) is 0.455. The number of thiophene rings is 1. The molecule has 0 aliphatic rings. The Morgan fingerprint density at radius 2 is 2.50 bits per heavy atom. The Labute approximate surface area is 98.8 Å². The maximum absolute atomic E-state index is 11.3. The molecule has 0 fully saturated rings. The van der Waals surface area contributed by atoms with Crippen LogP contribution in [0.25, 0.3) is 0 Å². The third kappa shape index (κ3) is 3.65. The predicted octanol–water partition coefficient (Wildman–Crippen LogP) is 1.66. The molecule has 0 aliphatic carbocycles. The molecule has 1 atom stereocenters. The van der Waals surface area contributed by atoms with Crippen LogP contribution in [0.4, 0.5) is 0 Å². The van der Waals surface area contributed by atoms with Gasteiger partial charge in [0, 0.05) is 16.8 Å². The molecule has 0 spiro atoms. The molecule has 1 aromatic rings. The van der Waals surface area contributed by atoms with E-state index in [0.29, 0.717) is 18.7 Å². The second-order valence-electron chi connectivity index (χ2n) is 3.27. The van der Waals surface area contributed by atoms with Crippen molar-refractivity contribution < 1.29 is 9.53 Å². The van der Waals surface area contributed by atoms with Crippen molar-refractivity contribution in [2.45, 2.75) is 26.4 Å². The Morgan fingerprint density at radius 3 is 3.06 bits per heavy atom. The predicted molar refractivity (Wildman–Crippen MR) is 62.0 cm³/mol. The van der Waals surface area contributed by atoms with Gasteiger partial charge in [-0.05, 0) is 19.9 Å². The first-order valence-corrected chi connectivity index (χ1v) is 5.92. The molecule has 0 aliphatic heterocycles. The molecule has 0 amide bonds. The number of nitriles is 1. The number of esters is 1. The smallest absolute Gasteiger partial charge is 0.322 e. The van der Waals surface area contributed by atoms with Crippen molar-refractivity contribution >= 4 is 17.3 Å². The second kappa shape index (κ2) is 6.26. The summed E-state index contributed by atoms with van der Waals surface area (Å²) in [6.07, 6.45) is 0. The highest BCUT2D eigenvalue weighted by Gasteiger charge is 2.13. The molecule has 0 radical (unpaired) electrons. The largest absolute Gasteiger partial charge is 0.465 e. The van der Waals surface area contributed by atoms with Gasteiger partial charge in [0.15, 0.2) is 0 Å². The molecule has 1 N–H and O–H groups in total. The van der Waals surface area contributed by atoms with Crippen molar-refractivity contribution in [2.24, 2.45) is 0 Å². The highest BCUT2D eigenvalue weighted by Crippen LogP contribution is 2.13. The molecule has 1 rings (SSSR count). The second-order valence-corrected chi connectivity index (χ2v) is 4.26. The highest BCUT2D eigenvalue weighted by atomic mass is 32.1. The van der Waals surface area contributed by atoms with E-state index in [-0.39, 0.29) is 12.0 Å². The standard InChI is InChI=1S/C11H14N2O2S/c1-3-15-11(14)8(2)13-6-10-4-9(5-12)7-16-10/h4,7-8,13H,3,6H2,1-2H3. The third-order valence-corrected chi connectivity index (χ3v) is 2.94. The van der Waals surface area contributed by atoms with Crippen LogP contribution in [0.3, 0.4) is 0 Å². The van der Waals surface area contributed by atoms with Crippen molar-refractivity contribution in [3.8, 4) is 6.07 Å². The minimum Gasteiger partial charge on any atom is -0.465 e. The minimum absolute atomic E-state index is 0.250. The molecule has 0 bridgehead atoms. The molecule has 0 aromatic carbocycles. The molecule has 1 aromatic heterocycles. The summed E-state index contributed by atoms with van der Waals surface area (Å²) in [5, 5.41) is 13.5. The van der Waals surface area contributed by atoms with Gasteiger partial charge < -0.3 is 4.74 Å². The molecule has 1 heterocycles. The minimum atomic E-state index is -0.326. The van der Waals surface area contributed by atoms with Crippen LogP contribution in [0.15, 0.2) is 11.4 Å². The fourth-order valence-corrected chi connectivity index (χ4v) is 1.90. The van der Waals surface area contributed by atoms with Gasteiger partial charge in [0.1, 0.15) is 12.1 Å². The van der Waals surface area contributed by atoms with Gasteiger partial charge in [0.25, 0.3) is 0 Å². The van der Waals surface area contributed by atoms with Crippen molar-refractivity contribution in [2.75, 3.05) is 6.61 Å².